The van der Waals surface area contributed by atoms with Crippen LogP contribution in [0, 0.1) is 5.92 Å². The van der Waals surface area contributed by atoms with Crippen molar-refractivity contribution in [2.45, 2.75) is 38.7 Å². The lowest BCUT2D eigenvalue weighted by Gasteiger charge is -2.32. The molecule has 3 heteroatoms. The number of piperidine rings is 1. The summed E-state index contributed by atoms with van der Waals surface area (Å²) in [6.45, 7) is 4.40. The Kier molecular flexibility index (Phi) is 2.47. The van der Waals surface area contributed by atoms with Crippen LogP contribution in [0.3, 0.4) is 0 Å². The second kappa shape index (κ2) is 3.05. The summed E-state index contributed by atoms with van der Waals surface area (Å²) in [6.07, 6.45) is 0.000880. The Labute approximate surface area is 66.2 Å². The van der Waals surface area contributed by atoms with Gasteiger partial charge >= 0.3 is 0 Å². The van der Waals surface area contributed by atoms with Crippen LogP contribution in [0.5, 0.6) is 0 Å². The van der Waals surface area contributed by atoms with E-state index in [0.717, 1.165) is 0 Å². The highest BCUT2D eigenvalue weighted by Crippen LogP contribution is 2.29. The SMILES string of the molecule is CC(C)C1CC(F)(F)CCN1. The minimum Gasteiger partial charge on any atom is -0.313 e. The topological polar surface area (TPSA) is 12.0 Å². The van der Waals surface area contributed by atoms with Gasteiger partial charge < -0.3 is 5.32 Å². The molecule has 0 aromatic heterocycles. The second-order valence-corrected chi connectivity index (χ2v) is 3.61. The maximum atomic E-state index is 12.8. The maximum absolute atomic E-state index is 12.8. The van der Waals surface area contributed by atoms with E-state index in [-0.39, 0.29) is 18.9 Å². The minimum absolute atomic E-state index is 0.00116. The lowest BCUT2D eigenvalue weighted by atomic mass is 9.93. The minimum atomic E-state index is -2.43. The van der Waals surface area contributed by atoms with Gasteiger partial charge in [0.15, 0.2) is 0 Å². The van der Waals surface area contributed by atoms with Crippen LogP contribution in [-0.2, 0) is 0 Å². The summed E-state index contributed by atoms with van der Waals surface area (Å²) >= 11 is 0. The molecule has 0 aromatic rings. The molecule has 1 atom stereocenters. The van der Waals surface area contributed by atoms with Gasteiger partial charge in [-0.2, -0.15) is 0 Å². The van der Waals surface area contributed by atoms with E-state index >= 15 is 0 Å². The molecule has 1 heterocycles. The molecule has 1 aliphatic heterocycles. The van der Waals surface area contributed by atoms with E-state index in [9.17, 15) is 8.78 Å². The van der Waals surface area contributed by atoms with Crippen molar-refractivity contribution < 1.29 is 8.78 Å². The lowest BCUT2D eigenvalue weighted by molar-refractivity contribution is -0.0465. The molecule has 1 nitrogen and oxygen atoms in total. The molecule has 0 spiro atoms. The molecule has 1 saturated heterocycles. The molecule has 0 aromatic carbocycles. The van der Waals surface area contributed by atoms with Crippen LogP contribution in [0.4, 0.5) is 8.78 Å². The summed E-state index contributed by atoms with van der Waals surface area (Å²) in [5, 5.41) is 3.09. The van der Waals surface area contributed by atoms with Gasteiger partial charge in [0.1, 0.15) is 0 Å². The standard InChI is InChI=1S/C8H15F2N/c1-6(2)7-5-8(9,10)3-4-11-7/h6-7,11H,3-5H2,1-2H3. The first-order valence-corrected chi connectivity index (χ1v) is 4.12. The first kappa shape index (κ1) is 8.91. The Morgan fingerprint density at radius 3 is 2.45 bits per heavy atom. The highest BCUT2D eigenvalue weighted by atomic mass is 19.3. The third kappa shape index (κ3) is 2.40. The first-order valence-electron chi connectivity index (χ1n) is 4.12. The zero-order valence-electron chi connectivity index (χ0n) is 7.03. The van der Waals surface area contributed by atoms with Crippen molar-refractivity contribution in [3.8, 4) is 0 Å². The molecule has 66 valence electrons. The molecule has 1 fully saturated rings. The quantitative estimate of drug-likeness (QED) is 0.623. The Morgan fingerprint density at radius 2 is 2.09 bits per heavy atom. The second-order valence-electron chi connectivity index (χ2n) is 3.61. The van der Waals surface area contributed by atoms with Crippen molar-refractivity contribution in [1.29, 1.82) is 0 Å². The van der Waals surface area contributed by atoms with Crippen LogP contribution >= 0.6 is 0 Å². The maximum Gasteiger partial charge on any atom is 0.250 e. The summed E-state index contributed by atoms with van der Waals surface area (Å²) in [6, 6.07) is -0.00116. The van der Waals surface area contributed by atoms with Gasteiger partial charge in [-0.25, -0.2) is 8.78 Å². The number of hydrogen-bond donors (Lipinski definition) is 1. The van der Waals surface area contributed by atoms with Crippen molar-refractivity contribution in [2.24, 2.45) is 5.92 Å². The van der Waals surface area contributed by atoms with Crippen molar-refractivity contribution in [3.63, 3.8) is 0 Å². The number of halogens is 2. The summed E-state index contributed by atoms with van der Waals surface area (Å²) in [7, 11) is 0. The highest BCUT2D eigenvalue weighted by Gasteiger charge is 2.36. The predicted octanol–water partition coefficient (Wildman–Crippen LogP) is 2.03. The molecule has 0 aliphatic carbocycles. The molecule has 1 rings (SSSR count). The molecule has 11 heavy (non-hydrogen) atoms. The van der Waals surface area contributed by atoms with E-state index in [2.05, 4.69) is 5.32 Å². The Bertz CT molecular complexity index is 134. The van der Waals surface area contributed by atoms with Gasteiger partial charge in [0.2, 0.25) is 0 Å². The van der Waals surface area contributed by atoms with Crippen molar-refractivity contribution >= 4 is 0 Å². The Morgan fingerprint density at radius 1 is 1.45 bits per heavy atom. The van der Waals surface area contributed by atoms with Crippen LogP contribution in [-0.4, -0.2) is 18.5 Å². The lowest BCUT2D eigenvalue weighted by Crippen LogP contribution is -2.46. The number of rotatable bonds is 1. The first-order chi connectivity index (χ1) is 5.01. The highest BCUT2D eigenvalue weighted by molar-refractivity contribution is 4.84. The van der Waals surface area contributed by atoms with Gasteiger partial charge in [-0.05, 0) is 5.92 Å². The van der Waals surface area contributed by atoms with Crippen molar-refractivity contribution in [2.75, 3.05) is 6.54 Å². The van der Waals surface area contributed by atoms with Gasteiger partial charge in [-0.3, -0.25) is 0 Å². The van der Waals surface area contributed by atoms with Crippen LogP contribution in [0.1, 0.15) is 26.7 Å². The van der Waals surface area contributed by atoms with Gasteiger partial charge in [-0.15, -0.1) is 0 Å². The molecule has 0 radical (unpaired) electrons. The number of alkyl halides is 2. The van der Waals surface area contributed by atoms with Gasteiger partial charge in [0.25, 0.3) is 5.92 Å². The molecule has 1 aliphatic rings. The van der Waals surface area contributed by atoms with Gasteiger partial charge in [0.05, 0.1) is 0 Å². The predicted molar refractivity (Wildman–Crippen MR) is 40.8 cm³/mol. The molecule has 1 N–H and O–H groups in total. The monoisotopic (exact) mass is 163 g/mol. The smallest absolute Gasteiger partial charge is 0.250 e. The van der Waals surface area contributed by atoms with Crippen LogP contribution in [0.15, 0.2) is 0 Å². The van der Waals surface area contributed by atoms with Crippen molar-refractivity contribution in [1.82, 2.24) is 5.32 Å². The number of nitrogens with one attached hydrogen (secondary N) is 1. The normalized spacial score (nSPS) is 30.8. The Hall–Kier alpha value is -0.180. The number of hydrogen-bond acceptors (Lipinski definition) is 1. The fourth-order valence-corrected chi connectivity index (χ4v) is 1.41. The van der Waals surface area contributed by atoms with E-state index in [4.69, 9.17) is 0 Å². The fourth-order valence-electron chi connectivity index (χ4n) is 1.41. The van der Waals surface area contributed by atoms with Crippen molar-refractivity contribution in [3.05, 3.63) is 0 Å². The molecule has 1 unspecified atom stereocenters. The summed E-state index contributed by atoms with van der Waals surface area (Å²) in [4.78, 5) is 0. The average Bonchev–Trinajstić information content (AvgIpc) is 1.85. The van der Waals surface area contributed by atoms with Crippen LogP contribution < -0.4 is 5.32 Å². The fraction of sp³-hybridized carbons (Fsp3) is 1.00. The average molecular weight is 163 g/mol. The van der Waals surface area contributed by atoms with Gasteiger partial charge in [-0.1, -0.05) is 13.8 Å². The molecule has 0 bridgehead atoms. The molecular formula is C8H15F2N. The largest absolute Gasteiger partial charge is 0.313 e. The molecule has 0 amide bonds. The zero-order chi connectivity index (χ0) is 8.48. The summed E-state index contributed by atoms with van der Waals surface area (Å²) in [5.74, 6) is -2.12. The third-order valence-corrected chi connectivity index (χ3v) is 2.22. The molecular weight excluding hydrogens is 148 g/mol. The zero-order valence-corrected chi connectivity index (χ0v) is 7.03. The van der Waals surface area contributed by atoms with E-state index < -0.39 is 5.92 Å². The van der Waals surface area contributed by atoms with E-state index in [1.165, 1.54) is 0 Å². The van der Waals surface area contributed by atoms with E-state index in [0.29, 0.717) is 12.5 Å². The third-order valence-electron chi connectivity index (χ3n) is 2.22. The summed E-state index contributed by atoms with van der Waals surface area (Å²) < 4.78 is 25.5. The summed E-state index contributed by atoms with van der Waals surface area (Å²) in [5.41, 5.74) is 0. The van der Waals surface area contributed by atoms with Crippen LogP contribution in [0.2, 0.25) is 0 Å². The van der Waals surface area contributed by atoms with Crippen LogP contribution in [0.25, 0.3) is 0 Å². The molecule has 0 saturated carbocycles. The van der Waals surface area contributed by atoms with E-state index in [1.54, 1.807) is 0 Å². The van der Waals surface area contributed by atoms with Gasteiger partial charge in [0, 0.05) is 25.4 Å². The Balaban J connectivity index is 2.46. The van der Waals surface area contributed by atoms with E-state index in [1.807, 2.05) is 13.8 Å².